The zero-order chi connectivity index (χ0) is 12.8. The summed E-state index contributed by atoms with van der Waals surface area (Å²) in [6.07, 6.45) is 10.1. The highest BCUT2D eigenvalue weighted by atomic mass is 15.0. The van der Waals surface area contributed by atoms with Gasteiger partial charge in [-0.2, -0.15) is 0 Å². The SMILES string of the molecule is N[C@H]1CCCC[C@H]1NCCN[C@@H]1CCCC[C@@H]1N. The lowest BCUT2D eigenvalue weighted by Crippen LogP contribution is -2.51. The molecule has 2 fully saturated rings. The molecule has 0 aromatic heterocycles. The van der Waals surface area contributed by atoms with Gasteiger partial charge in [0.25, 0.3) is 0 Å². The van der Waals surface area contributed by atoms with Crippen LogP contribution in [0.1, 0.15) is 51.4 Å². The highest BCUT2D eigenvalue weighted by molar-refractivity contribution is 4.86. The Hall–Kier alpha value is -0.160. The van der Waals surface area contributed by atoms with Crippen molar-refractivity contribution in [2.75, 3.05) is 13.1 Å². The van der Waals surface area contributed by atoms with Crippen LogP contribution in [0.5, 0.6) is 0 Å². The second kappa shape index (κ2) is 7.43. The molecule has 0 spiro atoms. The molecule has 106 valence electrons. The maximum absolute atomic E-state index is 6.12. The van der Waals surface area contributed by atoms with Gasteiger partial charge in [-0.3, -0.25) is 0 Å². The van der Waals surface area contributed by atoms with Crippen LogP contribution >= 0.6 is 0 Å². The van der Waals surface area contributed by atoms with Crippen molar-refractivity contribution in [1.29, 1.82) is 0 Å². The minimum Gasteiger partial charge on any atom is -0.326 e. The van der Waals surface area contributed by atoms with E-state index in [-0.39, 0.29) is 0 Å². The van der Waals surface area contributed by atoms with Gasteiger partial charge in [0, 0.05) is 37.3 Å². The first-order valence-corrected chi connectivity index (χ1v) is 7.75. The number of hydrogen-bond donors (Lipinski definition) is 4. The van der Waals surface area contributed by atoms with Crippen LogP contribution in [0.3, 0.4) is 0 Å². The molecule has 2 aliphatic rings. The fourth-order valence-electron chi connectivity index (χ4n) is 3.34. The number of rotatable bonds is 5. The van der Waals surface area contributed by atoms with E-state index in [9.17, 15) is 0 Å². The van der Waals surface area contributed by atoms with Gasteiger partial charge in [0.15, 0.2) is 0 Å². The molecule has 0 bridgehead atoms. The van der Waals surface area contributed by atoms with Crippen molar-refractivity contribution in [3.63, 3.8) is 0 Å². The Bertz CT molecular complexity index is 210. The van der Waals surface area contributed by atoms with E-state index in [0.29, 0.717) is 24.2 Å². The molecule has 0 aromatic rings. The molecule has 18 heavy (non-hydrogen) atoms. The first-order chi connectivity index (χ1) is 8.77. The predicted molar refractivity (Wildman–Crippen MR) is 76.5 cm³/mol. The molecule has 0 aliphatic heterocycles. The second-order valence-corrected chi connectivity index (χ2v) is 6.02. The van der Waals surface area contributed by atoms with E-state index in [1.807, 2.05) is 0 Å². The lowest BCUT2D eigenvalue weighted by atomic mass is 9.90. The van der Waals surface area contributed by atoms with Crippen LogP contribution in [0.15, 0.2) is 0 Å². The number of nitrogens with two attached hydrogens (primary N) is 2. The maximum atomic E-state index is 6.12. The third kappa shape index (κ3) is 4.19. The van der Waals surface area contributed by atoms with Crippen LogP contribution in [0.4, 0.5) is 0 Å². The molecule has 4 nitrogen and oxygen atoms in total. The highest BCUT2D eigenvalue weighted by Gasteiger charge is 2.22. The summed E-state index contributed by atoms with van der Waals surface area (Å²) >= 11 is 0. The molecule has 0 amide bonds. The summed E-state index contributed by atoms with van der Waals surface area (Å²) < 4.78 is 0. The van der Waals surface area contributed by atoms with E-state index >= 15 is 0 Å². The van der Waals surface area contributed by atoms with Crippen LogP contribution in [0, 0.1) is 0 Å². The van der Waals surface area contributed by atoms with Crippen molar-refractivity contribution >= 4 is 0 Å². The summed E-state index contributed by atoms with van der Waals surface area (Å²) in [5.74, 6) is 0. The average molecular weight is 254 g/mol. The molecular weight excluding hydrogens is 224 g/mol. The van der Waals surface area contributed by atoms with Crippen molar-refractivity contribution in [3.8, 4) is 0 Å². The fourth-order valence-corrected chi connectivity index (χ4v) is 3.34. The van der Waals surface area contributed by atoms with E-state index in [1.165, 1.54) is 51.4 Å². The lowest BCUT2D eigenvalue weighted by Gasteiger charge is -2.31. The lowest BCUT2D eigenvalue weighted by molar-refractivity contribution is 0.306. The molecule has 4 heteroatoms. The van der Waals surface area contributed by atoms with E-state index < -0.39 is 0 Å². The Morgan fingerprint density at radius 2 is 1.06 bits per heavy atom. The van der Waals surface area contributed by atoms with E-state index in [4.69, 9.17) is 11.5 Å². The fraction of sp³-hybridized carbons (Fsp3) is 1.00. The van der Waals surface area contributed by atoms with Gasteiger partial charge in [-0.1, -0.05) is 25.7 Å². The van der Waals surface area contributed by atoms with Gasteiger partial charge in [-0.05, 0) is 25.7 Å². The molecule has 2 rings (SSSR count). The van der Waals surface area contributed by atoms with Crippen molar-refractivity contribution in [2.24, 2.45) is 11.5 Å². The minimum absolute atomic E-state index is 0.357. The Morgan fingerprint density at radius 1 is 0.667 bits per heavy atom. The third-order valence-electron chi connectivity index (χ3n) is 4.58. The number of nitrogens with one attached hydrogen (secondary N) is 2. The predicted octanol–water partition coefficient (Wildman–Crippen LogP) is 0.705. The van der Waals surface area contributed by atoms with Crippen molar-refractivity contribution in [1.82, 2.24) is 10.6 Å². The summed E-state index contributed by atoms with van der Waals surface area (Å²) in [6.45, 7) is 2.03. The second-order valence-electron chi connectivity index (χ2n) is 6.02. The van der Waals surface area contributed by atoms with Crippen molar-refractivity contribution < 1.29 is 0 Å². The molecule has 0 aromatic carbocycles. The zero-order valence-electron chi connectivity index (χ0n) is 11.5. The molecule has 0 heterocycles. The Morgan fingerprint density at radius 3 is 1.44 bits per heavy atom. The smallest absolute Gasteiger partial charge is 0.0219 e. The number of hydrogen-bond acceptors (Lipinski definition) is 4. The largest absolute Gasteiger partial charge is 0.326 e. The minimum atomic E-state index is 0.357. The van der Waals surface area contributed by atoms with E-state index in [0.717, 1.165) is 13.1 Å². The monoisotopic (exact) mass is 254 g/mol. The standard InChI is InChI=1S/C14H30N4/c15-11-5-1-3-7-13(11)17-9-10-18-14-8-4-2-6-12(14)16/h11-14,17-18H,1-10,15-16H2/t11-,12-,13+,14+/m0/s1. The molecular formula is C14H30N4. The van der Waals surface area contributed by atoms with Gasteiger partial charge in [0.1, 0.15) is 0 Å². The third-order valence-corrected chi connectivity index (χ3v) is 4.58. The Labute approximate surface area is 111 Å². The van der Waals surface area contributed by atoms with E-state index in [2.05, 4.69) is 10.6 Å². The Balaban J connectivity index is 1.57. The topological polar surface area (TPSA) is 76.1 Å². The summed E-state index contributed by atoms with van der Waals surface area (Å²) in [6, 6.07) is 1.77. The van der Waals surface area contributed by atoms with Gasteiger partial charge in [-0.25, -0.2) is 0 Å². The van der Waals surface area contributed by atoms with Gasteiger partial charge < -0.3 is 22.1 Å². The maximum Gasteiger partial charge on any atom is 0.0219 e. The van der Waals surface area contributed by atoms with Crippen LogP contribution < -0.4 is 22.1 Å². The molecule has 6 N–H and O–H groups in total. The molecule has 2 saturated carbocycles. The summed E-state index contributed by atoms with van der Waals surface area (Å²) in [4.78, 5) is 0. The zero-order valence-corrected chi connectivity index (χ0v) is 11.5. The van der Waals surface area contributed by atoms with Gasteiger partial charge in [0.2, 0.25) is 0 Å². The van der Waals surface area contributed by atoms with Crippen molar-refractivity contribution in [3.05, 3.63) is 0 Å². The van der Waals surface area contributed by atoms with Crippen LogP contribution in [-0.4, -0.2) is 37.3 Å². The van der Waals surface area contributed by atoms with Gasteiger partial charge in [0.05, 0.1) is 0 Å². The van der Waals surface area contributed by atoms with Crippen molar-refractivity contribution in [2.45, 2.75) is 75.5 Å². The highest BCUT2D eigenvalue weighted by Crippen LogP contribution is 2.17. The average Bonchev–Trinajstić information content (AvgIpc) is 2.38. The first-order valence-electron chi connectivity index (χ1n) is 7.75. The molecule has 0 unspecified atom stereocenters. The normalized spacial score (nSPS) is 37.7. The van der Waals surface area contributed by atoms with Gasteiger partial charge >= 0.3 is 0 Å². The molecule has 0 saturated heterocycles. The van der Waals surface area contributed by atoms with Gasteiger partial charge in [-0.15, -0.1) is 0 Å². The quantitative estimate of drug-likeness (QED) is 0.545. The summed E-state index contributed by atoms with van der Waals surface area (Å²) in [7, 11) is 0. The summed E-state index contributed by atoms with van der Waals surface area (Å²) in [5, 5.41) is 7.19. The molecule has 0 radical (unpaired) electrons. The van der Waals surface area contributed by atoms with Crippen LogP contribution in [-0.2, 0) is 0 Å². The van der Waals surface area contributed by atoms with Crippen LogP contribution in [0.2, 0.25) is 0 Å². The molecule has 2 aliphatic carbocycles. The molecule has 4 atom stereocenters. The first kappa shape index (κ1) is 14.3. The van der Waals surface area contributed by atoms with Crippen LogP contribution in [0.25, 0.3) is 0 Å². The summed E-state index contributed by atoms with van der Waals surface area (Å²) in [5.41, 5.74) is 12.2. The Kier molecular flexibility index (Phi) is 5.89. The van der Waals surface area contributed by atoms with E-state index in [1.54, 1.807) is 0 Å².